The summed E-state index contributed by atoms with van der Waals surface area (Å²) in [6.45, 7) is 0.583. The standard InChI is InChI=1S/C18H17N3O2/c22-17(13-8-9-13)20-14-5-3-4-12(10-14)11-19-18-21-15-6-1-2-7-16(15)23-18/h1-7,10,13H,8-9,11H2,(H,19,21)(H,20,22). The van der Waals surface area contributed by atoms with Crippen molar-refractivity contribution >= 4 is 28.7 Å². The van der Waals surface area contributed by atoms with Crippen LogP contribution in [0.5, 0.6) is 0 Å². The van der Waals surface area contributed by atoms with Gasteiger partial charge in [-0.05, 0) is 42.7 Å². The highest BCUT2D eigenvalue weighted by Crippen LogP contribution is 2.30. The fourth-order valence-electron chi connectivity index (χ4n) is 2.47. The average molecular weight is 307 g/mol. The van der Waals surface area contributed by atoms with Gasteiger partial charge in [-0.25, -0.2) is 0 Å². The number of carbonyl (C=O) groups excluding carboxylic acids is 1. The lowest BCUT2D eigenvalue weighted by Gasteiger charge is -2.07. The first kappa shape index (κ1) is 13.8. The van der Waals surface area contributed by atoms with E-state index in [-0.39, 0.29) is 11.8 Å². The Morgan fingerprint density at radius 1 is 1.17 bits per heavy atom. The Kier molecular flexibility index (Phi) is 3.46. The van der Waals surface area contributed by atoms with Crippen LogP contribution in [-0.4, -0.2) is 10.9 Å². The molecule has 0 atom stereocenters. The third kappa shape index (κ3) is 3.18. The molecule has 3 aromatic rings. The molecule has 5 heteroatoms. The van der Waals surface area contributed by atoms with Gasteiger partial charge >= 0.3 is 0 Å². The Hall–Kier alpha value is -2.82. The molecule has 2 N–H and O–H groups in total. The highest BCUT2D eigenvalue weighted by molar-refractivity contribution is 5.94. The largest absolute Gasteiger partial charge is 0.424 e. The number of para-hydroxylation sites is 2. The van der Waals surface area contributed by atoms with Crippen LogP contribution in [-0.2, 0) is 11.3 Å². The topological polar surface area (TPSA) is 67.2 Å². The fourth-order valence-corrected chi connectivity index (χ4v) is 2.47. The van der Waals surface area contributed by atoms with Crippen LogP contribution in [0.4, 0.5) is 11.7 Å². The van der Waals surface area contributed by atoms with Gasteiger partial charge in [-0.15, -0.1) is 0 Å². The SMILES string of the molecule is O=C(Nc1cccc(CNc2nc3ccccc3o2)c1)C1CC1. The molecule has 2 aromatic carbocycles. The van der Waals surface area contributed by atoms with E-state index in [1.54, 1.807) is 0 Å². The van der Waals surface area contributed by atoms with E-state index in [0.717, 1.165) is 35.2 Å². The van der Waals surface area contributed by atoms with Gasteiger partial charge in [0.25, 0.3) is 6.01 Å². The third-order valence-electron chi connectivity index (χ3n) is 3.88. The molecule has 1 amide bonds. The molecule has 23 heavy (non-hydrogen) atoms. The van der Waals surface area contributed by atoms with Crippen molar-refractivity contribution in [2.75, 3.05) is 10.6 Å². The summed E-state index contributed by atoms with van der Waals surface area (Å²) in [4.78, 5) is 16.2. The molecule has 0 radical (unpaired) electrons. The van der Waals surface area contributed by atoms with E-state index in [0.29, 0.717) is 12.6 Å². The quantitative estimate of drug-likeness (QED) is 0.752. The van der Waals surface area contributed by atoms with Gasteiger partial charge in [0, 0.05) is 18.2 Å². The number of carbonyl (C=O) groups is 1. The predicted octanol–water partition coefficient (Wildman–Crippen LogP) is 3.79. The molecular formula is C18H17N3O2. The van der Waals surface area contributed by atoms with E-state index in [2.05, 4.69) is 15.6 Å². The second kappa shape index (κ2) is 5.76. The first-order chi connectivity index (χ1) is 11.3. The first-order valence-electron chi connectivity index (χ1n) is 7.77. The molecule has 1 aliphatic carbocycles. The maximum Gasteiger partial charge on any atom is 0.295 e. The Balaban J connectivity index is 1.42. The van der Waals surface area contributed by atoms with Gasteiger partial charge in [-0.1, -0.05) is 24.3 Å². The summed E-state index contributed by atoms with van der Waals surface area (Å²) in [5, 5.41) is 6.13. The number of rotatable bonds is 5. The van der Waals surface area contributed by atoms with Crippen molar-refractivity contribution in [3.8, 4) is 0 Å². The number of benzene rings is 2. The van der Waals surface area contributed by atoms with Gasteiger partial charge in [0.2, 0.25) is 5.91 Å². The van der Waals surface area contributed by atoms with Crippen molar-refractivity contribution < 1.29 is 9.21 Å². The van der Waals surface area contributed by atoms with Crippen molar-refractivity contribution in [2.45, 2.75) is 19.4 Å². The lowest BCUT2D eigenvalue weighted by Crippen LogP contribution is -2.13. The zero-order valence-corrected chi connectivity index (χ0v) is 12.6. The molecule has 0 aliphatic heterocycles. The van der Waals surface area contributed by atoms with Gasteiger partial charge < -0.3 is 15.1 Å². The zero-order chi connectivity index (χ0) is 15.6. The lowest BCUT2D eigenvalue weighted by atomic mass is 10.2. The van der Waals surface area contributed by atoms with Crippen molar-refractivity contribution in [2.24, 2.45) is 5.92 Å². The summed E-state index contributed by atoms with van der Waals surface area (Å²) >= 11 is 0. The van der Waals surface area contributed by atoms with Gasteiger partial charge in [0.1, 0.15) is 5.52 Å². The Morgan fingerprint density at radius 2 is 2.04 bits per heavy atom. The molecule has 0 bridgehead atoms. The molecule has 116 valence electrons. The first-order valence-corrected chi connectivity index (χ1v) is 7.77. The number of hydrogen-bond acceptors (Lipinski definition) is 4. The van der Waals surface area contributed by atoms with Crippen LogP contribution in [0.15, 0.2) is 52.9 Å². The van der Waals surface area contributed by atoms with Crippen molar-refractivity contribution in [3.05, 3.63) is 54.1 Å². The van der Waals surface area contributed by atoms with E-state index < -0.39 is 0 Å². The third-order valence-corrected chi connectivity index (χ3v) is 3.88. The summed E-state index contributed by atoms with van der Waals surface area (Å²) in [5.41, 5.74) is 3.49. The van der Waals surface area contributed by atoms with E-state index in [1.807, 2.05) is 48.5 Å². The van der Waals surface area contributed by atoms with Crippen LogP contribution in [0.2, 0.25) is 0 Å². The van der Waals surface area contributed by atoms with Crippen LogP contribution in [0.1, 0.15) is 18.4 Å². The monoisotopic (exact) mass is 307 g/mol. The number of hydrogen-bond donors (Lipinski definition) is 2. The number of oxazole rings is 1. The highest BCUT2D eigenvalue weighted by atomic mass is 16.4. The Morgan fingerprint density at radius 3 is 2.87 bits per heavy atom. The molecule has 4 rings (SSSR count). The minimum Gasteiger partial charge on any atom is -0.424 e. The molecule has 1 saturated carbocycles. The molecule has 1 fully saturated rings. The Labute approximate surface area is 133 Å². The number of nitrogens with zero attached hydrogens (tertiary/aromatic N) is 1. The maximum absolute atomic E-state index is 11.8. The minimum absolute atomic E-state index is 0.120. The minimum atomic E-state index is 0.120. The van der Waals surface area contributed by atoms with Crippen LogP contribution in [0, 0.1) is 5.92 Å². The molecule has 1 heterocycles. The summed E-state index contributed by atoms with van der Waals surface area (Å²) in [6.07, 6.45) is 2.01. The summed E-state index contributed by atoms with van der Waals surface area (Å²) < 4.78 is 5.63. The van der Waals surface area contributed by atoms with Crippen molar-refractivity contribution in [3.63, 3.8) is 0 Å². The van der Waals surface area contributed by atoms with Crippen LogP contribution >= 0.6 is 0 Å². The van der Waals surface area contributed by atoms with Gasteiger partial charge in [0.15, 0.2) is 5.58 Å². The molecule has 0 saturated heterocycles. The Bertz CT molecular complexity index is 819. The van der Waals surface area contributed by atoms with Crippen LogP contribution in [0.3, 0.4) is 0 Å². The summed E-state index contributed by atoms with van der Waals surface area (Å²) in [7, 11) is 0. The van der Waals surface area contributed by atoms with Crippen LogP contribution < -0.4 is 10.6 Å². The average Bonchev–Trinajstić information content (AvgIpc) is 3.33. The number of anilines is 2. The zero-order valence-electron chi connectivity index (χ0n) is 12.6. The smallest absolute Gasteiger partial charge is 0.295 e. The number of fused-ring (bicyclic) bond motifs is 1. The number of nitrogens with one attached hydrogen (secondary N) is 2. The maximum atomic E-state index is 11.8. The van der Waals surface area contributed by atoms with E-state index >= 15 is 0 Å². The molecule has 1 aromatic heterocycles. The van der Waals surface area contributed by atoms with Gasteiger partial charge in [0.05, 0.1) is 0 Å². The normalized spacial score (nSPS) is 13.9. The molecular weight excluding hydrogens is 290 g/mol. The van der Waals surface area contributed by atoms with Gasteiger partial charge in [-0.3, -0.25) is 4.79 Å². The van der Waals surface area contributed by atoms with Crippen molar-refractivity contribution in [1.29, 1.82) is 0 Å². The summed E-state index contributed by atoms with van der Waals surface area (Å²) in [6, 6.07) is 16.0. The molecule has 0 unspecified atom stereocenters. The summed E-state index contributed by atoms with van der Waals surface area (Å²) in [5.74, 6) is 0.325. The van der Waals surface area contributed by atoms with Gasteiger partial charge in [-0.2, -0.15) is 4.98 Å². The fraction of sp³-hybridized carbons (Fsp3) is 0.222. The molecule has 5 nitrogen and oxygen atoms in total. The van der Waals surface area contributed by atoms with E-state index in [1.165, 1.54) is 0 Å². The van der Waals surface area contributed by atoms with Crippen LogP contribution in [0.25, 0.3) is 11.1 Å². The predicted molar refractivity (Wildman–Crippen MR) is 89.1 cm³/mol. The lowest BCUT2D eigenvalue weighted by molar-refractivity contribution is -0.117. The number of amides is 1. The second-order valence-electron chi connectivity index (χ2n) is 5.80. The molecule has 1 aliphatic rings. The van der Waals surface area contributed by atoms with E-state index in [4.69, 9.17) is 4.42 Å². The van der Waals surface area contributed by atoms with Crippen molar-refractivity contribution in [1.82, 2.24) is 4.98 Å². The van der Waals surface area contributed by atoms with E-state index in [9.17, 15) is 4.79 Å². The highest BCUT2D eigenvalue weighted by Gasteiger charge is 2.29. The second-order valence-corrected chi connectivity index (χ2v) is 5.80. The molecule has 0 spiro atoms. The number of aromatic nitrogens is 1.